The van der Waals surface area contributed by atoms with Crippen molar-refractivity contribution in [2.75, 3.05) is 10.6 Å². The van der Waals surface area contributed by atoms with Crippen LogP contribution in [0.25, 0.3) is 0 Å². The van der Waals surface area contributed by atoms with E-state index in [-0.39, 0.29) is 0 Å². The topological polar surface area (TPSA) is 63.2 Å². The summed E-state index contributed by atoms with van der Waals surface area (Å²) in [6.45, 7) is 8.09. The fourth-order valence-corrected chi connectivity index (χ4v) is 2.53. The third-order valence-corrected chi connectivity index (χ3v) is 3.63. The molecule has 5 nitrogen and oxygen atoms in total. The molecule has 0 radical (unpaired) electrons. The summed E-state index contributed by atoms with van der Waals surface area (Å²) in [5.74, 6) is 0. The lowest BCUT2D eigenvalue weighted by Crippen LogP contribution is -2.27. The Morgan fingerprint density at radius 3 is 2.55 bits per heavy atom. The van der Waals surface area contributed by atoms with Gasteiger partial charge in [0.2, 0.25) is 0 Å². The van der Waals surface area contributed by atoms with Gasteiger partial charge in [-0.1, -0.05) is 12.1 Å². The summed E-state index contributed by atoms with van der Waals surface area (Å²) in [5, 5.41) is 9.08. The van der Waals surface area contributed by atoms with Crippen molar-refractivity contribution < 1.29 is 9.53 Å². The Morgan fingerprint density at radius 1 is 1.27 bits per heavy atom. The molecule has 22 heavy (non-hydrogen) atoms. The second-order valence-corrected chi connectivity index (χ2v) is 6.85. The molecule has 0 fully saturated rings. The molecule has 1 aromatic carbocycles. The first-order valence-electron chi connectivity index (χ1n) is 7.07. The number of para-hydroxylation sites is 2. The van der Waals surface area contributed by atoms with Gasteiger partial charge in [-0.25, -0.2) is 9.78 Å². The Hall–Kier alpha value is -2.08. The molecule has 2 N–H and O–H groups in total. The van der Waals surface area contributed by atoms with Crippen LogP contribution in [0.5, 0.6) is 0 Å². The number of amides is 1. The van der Waals surface area contributed by atoms with Gasteiger partial charge in [0.25, 0.3) is 0 Å². The summed E-state index contributed by atoms with van der Waals surface area (Å²) in [4.78, 5) is 16.3. The number of nitrogens with one attached hydrogen (secondary N) is 2. The summed E-state index contributed by atoms with van der Waals surface area (Å²) >= 11 is 1.61. The standard InChI is InChI=1S/C16H21N3O2S/c1-11-10-22-14(18-11)9-17-12-7-5-6-8-13(12)19-15(20)21-16(2,3)4/h5-8,10,17H,9H2,1-4H3,(H,19,20). The zero-order valence-electron chi connectivity index (χ0n) is 13.3. The van der Waals surface area contributed by atoms with Crippen LogP contribution < -0.4 is 10.6 Å². The molecule has 1 aromatic heterocycles. The van der Waals surface area contributed by atoms with Gasteiger partial charge < -0.3 is 10.1 Å². The quantitative estimate of drug-likeness (QED) is 0.876. The van der Waals surface area contributed by atoms with Gasteiger partial charge in [0, 0.05) is 11.1 Å². The number of benzene rings is 1. The van der Waals surface area contributed by atoms with Crippen molar-refractivity contribution in [2.45, 2.75) is 39.8 Å². The molecule has 118 valence electrons. The number of aromatic nitrogens is 1. The van der Waals surface area contributed by atoms with Gasteiger partial charge in [-0.2, -0.15) is 0 Å². The Balaban J connectivity index is 2.01. The number of hydrogen-bond donors (Lipinski definition) is 2. The fraction of sp³-hybridized carbons (Fsp3) is 0.375. The van der Waals surface area contributed by atoms with Crippen molar-refractivity contribution in [3.8, 4) is 0 Å². The van der Waals surface area contributed by atoms with Gasteiger partial charge in [0.05, 0.1) is 17.9 Å². The number of ether oxygens (including phenoxy) is 1. The molecule has 1 heterocycles. The first-order valence-corrected chi connectivity index (χ1v) is 7.95. The molecule has 0 unspecified atom stereocenters. The van der Waals surface area contributed by atoms with Gasteiger partial charge in [0.1, 0.15) is 10.6 Å². The van der Waals surface area contributed by atoms with Gasteiger partial charge >= 0.3 is 6.09 Å². The van der Waals surface area contributed by atoms with Crippen LogP contribution in [-0.2, 0) is 11.3 Å². The van der Waals surface area contributed by atoms with Crippen LogP contribution in [0.15, 0.2) is 29.6 Å². The third kappa shape index (κ3) is 5.04. The van der Waals surface area contributed by atoms with E-state index in [2.05, 4.69) is 15.6 Å². The summed E-state index contributed by atoms with van der Waals surface area (Å²) in [5.41, 5.74) is 2.01. The molecule has 0 atom stereocenters. The lowest BCUT2D eigenvalue weighted by atomic mass is 10.2. The van der Waals surface area contributed by atoms with Crippen LogP contribution in [-0.4, -0.2) is 16.7 Å². The molecular weight excluding hydrogens is 298 g/mol. The number of aryl methyl sites for hydroxylation is 1. The average molecular weight is 319 g/mol. The zero-order valence-corrected chi connectivity index (χ0v) is 14.1. The molecule has 1 amide bonds. The summed E-state index contributed by atoms with van der Waals surface area (Å²) < 4.78 is 5.27. The number of carbonyl (C=O) groups excluding carboxylic acids is 1. The Morgan fingerprint density at radius 2 is 1.95 bits per heavy atom. The summed E-state index contributed by atoms with van der Waals surface area (Å²) in [6, 6.07) is 7.52. The second-order valence-electron chi connectivity index (χ2n) is 5.91. The van der Waals surface area contributed by atoms with Gasteiger partial charge in [-0.05, 0) is 39.8 Å². The molecule has 2 rings (SSSR count). The molecule has 0 bridgehead atoms. The predicted molar refractivity (Wildman–Crippen MR) is 90.5 cm³/mol. The molecule has 0 saturated heterocycles. The van der Waals surface area contributed by atoms with Crippen LogP contribution in [0.1, 0.15) is 31.5 Å². The van der Waals surface area contributed by atoms with E-state index >= 15 is 0 Å². The van der Waals surface area contributed by atoms with E-state index in [4.69, 9.17) is 4.74 Å². The van der Waals surface area contributed by atoms with E-state index in [9.17, 15) is 4.79 Å². The van der Waals surface area contributed by atoms with Crippen LogP contribution in [0.2, 0.25) is 0 Å². The SMILES string of the molecule is Cc1csc(CNc2ccccc2NC(=O)OC(C)(C)C)n1. The zero-order chi connectivity index (χ0) is 16.2. The maximum Gasteiger partial charge on any atom is 0.412 e. The molecule has 0 aliphatic heterocycles. The highest BCUT2D eigenvalue weighted by molar-refractivity contribution is 7.09. The van der Waals surface area contributed by atoms with Crippen LogP contribution in [0, 0.1) is 6.92 Å². The summed E-state index contributed by atoms with van der Waals surface area (Å²) in [7, 11) is 0. The molecular formula is C16H21N3O2S. The van der Waals surface area contributed by atoms with Crippen molar-refractivity contribution in [2.24, 2.45) is 0 Å². The number of thiazole rings is 1. The van der Waals surface area contributed by atoms with Crippen molar-refractivity contribution >= 4 is 28.8 Å². The van der Waals surface area contributed by atoms with E-state index in [0.29, 0.717) is 12.2 Å². The predicted octanol–water partition coefficient (Wildman–Crippen LogP) is 4.41. The van der Waals surface area contributed by atoms with E-state index in [1.165, 1.54) is 0 Å². The van der Waals surface area contributed by atoms with Crippen LogP contribution in [0.3, 0.4) is 0 Å². The minimum Gasteiger partial charge on any atom is -0.444 e. The maximum absolute atomic E-state index is 11.9. The highest BCUT2D eigenvalue weighted by Crippen LogP contribution is 2.23. The maximum atomic E-state index is 11.9. The van der Waals surface area contributed by atoms with Crippen molar-refractivity contribution in [3.63, 3.8) is 0 Å². The molecule has 6 heteroatoms. The number of nitrogens with zero attached hydrogens (tertiary/aromatic N) is 1. The Bertz CT molecular complexity index is 647. The lowest BCUT2D eigenvalue weighted by molar-refractivity contribution is 0.0636. The molecule has 0 saturated carbocycles. The largest absolute Gasteiger partial charge is 0.444 e. The van der Waals surface area contributed by atoms with E-state index in [0.717, 1.165) is 16.4 Å². The Labute approximate surface area is 134 Å². The minimum absolute atomic E-state index is 0.466. The van der Waals surface area contributed by atoms with E-state index in [1.807, 2.05) is 57.3 Å². The highest BCUT2D eigenvalue weighted by atomic mass is 32.1. The monoisotopic (exact) mass is 319 g/mol. The smallest absolute Gasteiger partial charge is 0.412 e. The number of anilines is 2. The molecule has 0 aliphatic rings. The van der Waals surface area contributed by atoms with Crippen LogP contribution >= 0.6 is 11.3 Å². The number of rotatable bonds is 4. The van der Waals surface area contributed by atoms with Crippen molar-refractivity contribution in [3.05, 3.63) is 40.3 Å². The average Bonchev–Trinajstić information content (AvgIpc) is 2.81. The molecule has 0 aliphatic carbocycles. The fourth-order valence-electron chi connectivity index (χ4n) is 1.81. The lowest BCUT2D eigenvalue weighted by Gasteiger charge is -2.20. The van der Waals surface area contributed by atoms with Crippen molar-refractivity contribution in [1.82, 2.24) is 4.98 Å². The number of hydrogen-bond acceptors (Lipinski definition) is 5. The highest BCUT2D eigenvalue weighted by Gasteiger charge is 2.17. The van der Waals surface area contributed by atoms with Crippen LogP contribution in [0.4, 0.5) is 16.2 Å². The second kappa shape index (κ2) is 6.79. The minimum atomic E-state index is -0.523. The van der Waals surface area contributed by atoms with Gasteiger partial charge in [-0.15, -0.1) is 11.3 Å². The first kappa shape index (κ1) is 16.3. The van der Waals surface area contributed by atoms with E-state index < -0.39 is 11.7 Å². The Kier molecular flexibility index (Phi) is 5.03. The van der Waals surface area contributed by atoms with Crippen molar-refractivity contribution in [1.29, 1.82) is 0 Å². The van der Waals surface area contributed by atoms with E-state index in [1.54, 1.807) is 11.3 Å². The molecule has 0 spiro atoms. The van der Waals surface area contributed by atoms with Gasteiger partial charge in [0.15, 0.2) is 0 Å². The van der Waals surface area contributed by atoms with Gasteiger partial charge in [-0.3, -0.25) is 5.32 Å². The normalized spacial score (nSPS) is 11.1. The summed E-state index contributed by atoms with van der Waals surface area (Å²) in [6.07, 6.45) is -0.466. The third-order valence-electron chi connectivity index (χ3n) is 2.66. The first-order chi connectivity index (χ1) is 10.3. The number of carbonyl (C=O) groups is 1. The molecule has 2 aromatic rings.